The Morgan fingerprint density at radius 2 is 1.81 bits per heavy atom. The van der Waals surface area contributed by atoms with E-state index >= 15 is 0 Å². The van der Waals surface area contributed by atoms with E-state index in [2.05, 4.69) is 9.97 Å². The van der Waals surface area contributed by atoms with Crippen LogP contribution in [-0.2, 0) is 9.53 Å². The van der Waals surface area contributed by atoms with Crippen LogP contribution >= 0.6 is 0 Å². The van der Waals surface area contributed by atoms with Gasteiger partial charge in [0.1, 0.15) is 30.5 Å². The van der Waals surface area contributed by atoms with E-state index in [9.17, 15) is 9.18 Å². The maximum absolute atomic E-state index is 13.2. The number of halogens is 1. The van der Waals surface area contributed by atoms with E-state index in [1.807, 2.05) is 0 Å². The fraction of sp³-hybridized carbons (Fsp3) is 0.211. The van der Waals surface area contributed by atoms with Crippen molar-refractivity contribution in [3.05, 3.63) is 54.5 Å². The number of nitrogens with zero attached hydrogens (tertiary/aromatic N) is 2. The topological polar surface area (TPSA) is 70.5 Å². The van der Waals surface area contributed by atoms with Crippen LogP contribution in [0.4, 0.5) is 4.39 Å². The van der Waals surface area contributed by atoms with E-state index in [1.165, 1.54) is 18.3 Å². The van der Waals surface area contributed by atoms with Gasteiger partial charge in [-0.05, 0) is 36.4 Å². The molecule has 0 N–H and O–H groups in total. The molecule has 7 heteroatoms. The Morgan fingerprint density at radius 1 is 1.04 bits per heavy atom. The predicted molar refractivity (Wildman–Crippen MR) is 92.8 cm³/mol. The summed E-state index contributed by atoms with van der Waals surface area (Å²) in [6.07, 6.45) is 1.78. The highest BCUT2D eigenvalue weighted by molar-refractivity contribution is 5.74. The van der Waals surface area contributed by atoms with Gasteiger partial charge in [-0.1, -0.05) is 6.92 Å². The molecule has 0 saturated carbocycles. The molecule has 0 unspecified atom stereocenters. The lowest BCUT2D eigenvalue weighted by atomic mass is 10.3. The SMILES string of the molecule is CCC(=O)OCCOc1ccc(Oc2cnc3cc(F)ccc3n2)cc1. The summed E-state index contributed by atoms with van der Waals surface area (Å²) in [5, 5.41) is 0. The molecule has 2 aromatic carbocycles. The van der Waals surface area contributed by atoms with E-state index in [-0.39, 0.29) is 25.0 Å². The number of rotatable bonds is 7. The monoisotopic (exact) mass is 356 g/mol. The van der Waals surface area contributed by atoms with E-state index in [0.29, 0.717) is 34.8 Å². The van der Waals surface area contributed by atoms with Gasteiger partial charge >= 0.3 is 5.97 Å². The van der Waals surface area contributed by atoms with E-state index in [1.54, 1.807) is 37.3 Å². The minimum absolute atomic E-state index is 0.207. The van der Waals surface area contributed by atoms with Gasteiger partial charge in [0.25, 0.3) is 0 Å². The summed E-state index contributed by atoms with van der Waals surface area (Å²) in [7, 11) is 0. The van der Waals surface area contributed by atoms with Crippen LogP contribution in [0.5, 0.6) is 17.4 Å². The van der Waals surface area contributed by atoms with Gasteiger partial charge in [0.2, 0.25) is 5.88 Å². The van der Waals surface area contributed by atoms with Gasteiger partial charge in [-0.2, -0.15) is 0 Å². The molecule has 0 amide bonds. The molecule has 0 atom stereocenters. The predicted octanol–water partition coefficient (Wildman–Crippen LogP) is 3.89. The number of benzene rings is 2. The molecule has 3 aromatic rings. The molecule has 0 aliphatic heterocycles. The van der Waals surface area contributed by atoms with Gasteiger partial charge in [0.15, 0.2) is 0 Å². The van der Waals surface area contributed by atoms with E-state index in [4.69, 9.17) is 14.2 Å². The lowest BCUT2D eigenvalue weighted by molar-refractivity contribution is -0.143. The number of hydrogen-bond donors (Lipinski definition) is 0. The Kier molecular flexibility index (Phi) is 5.58. The maximum Gasteiger partial charge on any atom is 0.305 e. The summed E-state index contributed by atoms with van der Waals surface area (Å²) in [4.78, 5) is 19.4. The number of carbonyl (C=O) groups is 1. The van der Waals surface area contributed by atoms with Gasteiger partial charge < -0.3 is 14.2 Å². The first-order valence-corrected chi connectivity index (χ1v) is 8.12. The smallest absolute Gasteiger partial charge is 0.305 e. The summed E-state index contributed by atoms with van der Waals surface area (Å²) < 4.78 is 29.2. The molecule has 6 nitrogen and oxygen atoms in total. The molecule has 0 fully saturated rings. The maximum atomic E-state index is 13.2. The quantitative estimate of drug-likeness (QED) is 0.472. The standard InChI is InChI=1S/C19H17FN2O4/c1-2-19(23)25-10-9-24-14-4-6-15(7-5-14)26-18-12-21-17-11-13(20)3-8-16(17)22-18/h3-8,11-12H,2,9-10H2,1H3. The van der Waals surface area contributed by atoms with Gasteiger partial charge in [0, 0.05) is 12.5 Å². The van der Waals surface area contributed by atoms with Crippen LogP contribution in [0, 0.1) is 5.82 Å². The Morgan fingerprint density at radius 3 is 2.58 bits per heavy atom. The highest BCUT2D eigenvalue weighted by atomic mass is 19.1. The Balaban J connectivity index is 1.57. The molecule has 0 spiro atoms. The second kappa shape index (κ2) is 8.24. The number of carbonyl (C=O) groups excluding carboxylic acids is 1. The molecule has 0 radical (unpaired) electrons. The van der Waals surface area contributed by atoms with Crippen molar-refractivity contribution >= 4 is 17.0 Å². The van der Waals surface area contributed by atoms with Crippen molar-refractivity contribution < 1.29 is 23.4 Å². The Labute approximate surface area is 149 Å². The van der Waals surface area contributed by atoms with Crippen LogP contribution in [0.25, 0.3) is 11.0 Å². The highest BCUT2D eigenvalue weighted by Gasteiger charge is 2.04. The first kappa shape index (κ1) is 17.6. The molecule has 0 aliphatic carbocycles. The summed E-state index contributed by atoms with van der Waals surface area (Å²) in [5.41, 5.74) is 1.01. The number of aromatic nitrogens is 2. The average molecular weight is 356 g/mol. The number of ether oxygens (including phenoxy) is 3. The largest absolute Gasteiger partial charge is 0.490 e. The van der Waals surface area contributed by atoms with Crippen LogP contribution in [0.15, 0.2) is 48.7 Å². The van der Waals surface area contributed by atoms with Crippen molar-refractivity contribution in [2.45, 2.75) is 13.3 Å². The molecule has 134 valence electrons. The fourth-order valence-corrected chi connectivity index (χ4v) is 2.16. The Bertz CT molecular complexity index is 900. The second-order valence-electron chi connectivity index (χ2n) is 5.34. The zero-order valence-corrected chi connectivity index (χ0v) is 14.1. The zero-order valence-electron chi connectivity index (χ0n) is 14.1. The highest BCUT2D eigenvalue weighted by Crippen LogP contribution is 2.23. The van der Waals surface area contributed by atoms with Crippen molar-refractivity contribution in [3.8, 4) is 17.4 Å². The molecule has 0 bridgehead atoms. The van der Waals surface area contributed by atoms with E-state index < -0.39 is 0 Å². The number of esters is 1. The third kappa shape index (κ3) is 4.66. The fourth-order valence-electron chi connectivity index (χ4n) is 2.16. The molecule has 0 aliphatic rings. The third-order valence-corrected chi connectivity index (χ3v) is 3.43. The molecule has 1 aromatic heterocycles. The average Bonchev–Trinajstić information content (AvgIpc) is 2.66. The van der Waals surface area contributed by atoms with Crippen LogP contribution in [0.2, 0.25) is 0 Å². The molecule has 1 heterocycles. The van der Waals surface area contributed by atoms with Gasteiger partial charge in [-0.3, -0.25) is 4.79 Å². The first-order chi connectivity index (χ1) is 12.6. The van der Waals surface area contributed by atoms with Crippen LogP contribution < -0.4 is 9.47 Å². The lowest BCUT2D eigenvalue weighted by Crippen LogP contribution is -2.11. The Hall–Kier alpha value is -3.22. The molecule has 3 rings (SSSR count). The van der Waals surface area contributed by atoms with Gasteiger partial charge in [-0.25, -0.2) is 14.4 Å². The molecular weight excluding hydrogens is 339 g/mol. The number of fused-ring (bicyclic) bond motifs is 1. The van der Waals surface area contributed by atoms with Crippen LogP contribution in [-0.4, -0.2) is 29.2 Å². The molecular formula is C19H17FN2O4. The summed E-state index contributed by atoms with van der Waals surface area (Å²) in [6.45, 7) is 2.22. The normalized spacial score (nSPS) is 10.5. The minimum atomic E-state index is -0.361. The van der Waals surface area contributed by atoms with Crippen molar-refractivity contribution in [1.29, 1.82) is 0 Å². The van der Waals surface area contributed by atoms with Gasteiger partial charge in [0.05, 0.1) is 17.2 Å². The molecule has 26 heavy (non-hydrogen) atoms. The molecule has 0 saturated heterocycles. The third-order valence-electron chi connectivity index (χ3n) is 3.43. The summed E-state index contributed by atoms with van der Waals surface area (Å²) in [5.74, 6) is 0.886. The van der Waals surface area contributed by atoms with Crippen LogP contribution in [0.3, 0.4) is 0 Å². The summed E-state index contributed by atoms with van der Waals surface area (Å²) in [6, 6.07) is 11.1. The number of hydrogen-bond acceptors (Lipinski definition) is 6. The van der Waals surface area contributed by atoms with Crippen molar-refractivity contribution in [2.75, 3.05) is 13.2 Å². The van der Waals surface area contributed by atoms with Crippen molar-refractivity contribution in [1.82, 2.24) is 9.97 Å². The second-order valence-corrected chi connectivity index (χ2v) is 5.34. The zero-order chi connectivity index (χ0) is 18.4. The minimum Gasteiger partial charge on any atom is -0.490 e. The first-order valence-electron chi connectivity index (χ1n) is 8.12. The lowest BCUT2D eigenvalue weighted by Gasteiger charge is -2.08. The van der Waals surface area contributed by atoms with E-state index in [0.717, 1.165) is 0 Å². The van der Waals surface area contributed by atoms with Gasteiger partial charge in [-0.15, -0.1) is 0 Å². The van der Waals surface area contributed by atoms with Crippen molar-refractivity contribution in [3.63, 3.8) is 0 Å². The van der Waals surface area contributed by atoms with Crippen LogP contribution in [0.1, 0.15) is 13.3 Å². The van der Waals surface area contributed by atoms with Crippen molar-refractivity contribution in [2.24, 2.45) is 0 Å². The summed E-state index contributed by atoms with van der Waals surface area (Å²) >= 11 is 0.